The summed E-state index contributed by atoms with van der Waals surface area (Å²) in [6, 6.07) is 2.57. The number of hydrogen-bond acceptors (Lipinski definition) is 3. The minimum atomic E-state index is -0.402. The molecule has 1 aliphatic rings. The van der Waals surface area contributed by atoms with Crippen LogP contribution in [0, 0.1) is 6.92 Å². The van der Waals surface area contributed by atoms with Crippen LogP contribution in [0.3, 0.4) is 0 Å². The molecule has 1 aromatic heterocycles. The Bertz CT molecular complexity index is 464. The zero-order valence-corrected chi connectivity index (χ0v) is 8.49. The van der Waals surface area contributed by atoms with Crippen molar-refractivity contribution in [3.8, 4) is 0 Å². The van der Waals surface area contributed by atoms with Gasteiger partial charge in [0.05, 0.1) is 5.69 Å². The third-order valence-electron chi connectivity index (χ3n) is 2.75. The van der Waals surface area contributed by atoms with Crippen molar-refractivity contribution in [3.63, 3.8) is 0 Å². The lowest BCUT2D eigenvalue weighted by molar-refractivity contribution is -0.121. The van der Waals surface area contributed by atoms with Gasteiger partial charge < -0.3 is 11.1 Å². The zero-order valence-electron chi connectivity index (χ0n) is 8.49. The fourth-order valence-corrected chi connectivity index (χ4v) is 1.88. The van der Waals surface area contributed by atoms with E-state index in [9.17, 15) is 9.59 Å². The molecule has 0 spiro atoms. The number of hydrogen-bond donors (Lipinski definition) is 2. The van der Waals surface area contributed by atoms with Gasteiger partial charge in [-0.05, 0) is 19.4 Å². The van der Waals surface area contributed by atoms with E-state index in [1.54, 1.807) is 13.0 Å². The number of nitrogens with zero attached hydrogens (tertiary/aromatic N) is 1. The maximum Gasteiger partial charge on any atom is 0.251 e. The van der Waals surface area contributed by atoms with Crippen LogP contribution in [0.4, 0.5) is 5.69 Å². The molecule has 1 fully saturated rings. The smallest absolute Gasteiger partial charge is 0.251 e. The fourth-order valence-electron chi connectivity index (χ4n) is 1.88. The molecule has 2 heterocycles. The second-order valence-electron chi connectivity index (χ2n) is 3.68. The quantitative estimate of drug-likeness (QED) is 0.669. The second kappa shape index (κ2) is 3.42. The van der Waals surface area contributed by atoms with Crippen LogP contribution >= 0.6 is 0 Å². The lowest BCUT2D eigenvalue weighted by Crippen LogP contribution is -2.31. The topological polar surface area (TPSA) is 77.1 Å². The molecule has 1 unspecified atom stereocenters. The summed E-state index contributed by atoms with van der Waals surface area (Å²) in [7, 11) is 0. The number of nitrogens with two attached hydrogens (primary N) is 1. The number of nitrogens with one attached hydrogen (secondary N) is 1. The third kappa shape index (κ3) is 1.49. The number of aromatic nitrogens is 1. The fraction of sp³-hybridized carbons (Fsp3) is 0.400. The summed E-state index contributed by atoms with van der Waals surface area (Å²) >= 11 is 0. The highest BCUT2D eigenvalue weighted by molar-refractivity contribution is 5.82. The predicted molar refractivity (Wildman–Crippen MR) is 56.5 cm³/mol. The number of nitrogen functional groups attached to an aromatic ring is 1. The number of carbonyl (C=O) groups excluding carboxylic acids is 1. The SMILES string of the molecule is Cc1c(N)ccc(=O)n1C1CCNC1=O. The summed E-state index contributed by atoms with van der Waals surface area (Å²) in [6.07, 6.45) is 0.642. The highest BCUT2D eigenvalue weighted by atomic mass is 16.2. The van der Waals surface area contributed by atoms with Gasteiger partial charge in [-0.2, -0.15) is 0 Å². The first-order valence-corrected chi connectivity index (χ1v) is 4.86. The number of rotatable bonds is 1. The van der Waals surface area contributed by atoms with Crippen LogP contribution in [-0.2, 0) is 4.79 Å². The van der Waals surface area contributed by atoms with Gasteiger partial charge in [-0.3, -0.25) is 14.2 Å². The van der Waals surface area contributed by atoms with E-state index in [1.807, 2.05) is 0 Å². The molecule has 3 N–H and O–H groups in total. The Kier molecular flexibility index (Phi) is 2.22. The average Bonchev–Trinajstić information content (AvgIpc) is 2.60. The molecule has 1 aliphatic heterocycles. The van der Waals surface area contributed by atoms with Gasteiger partial charge in [-0.15, -0.1) is 0 Å². The van der Waals surface area contributed by atoms with Crippen molar-refractivity contribution < 1.29 is 4.79 Å². The summed E-state index contributed by atoms with van der Waals surface area (Å²) in [5.41, 5.74) is 6.73. The lowest BCUT2D eigenvalue weighted by atomic mass is 10.2. The van der Waals surface area contributed by atoms with E-state index >= 15 is 0 Å². The molecule has 0 aromatic carbocycles. The minimum Gasteiger partial charge on any atom is -0.397 e. The first kappa shape index (κ1) is 9.76. The summed E-state index contributed by atoms with van der Waals surface area (Å²) in [5, 5.41) is 2.70. The molecule has 1 saturated heterocycles. The molecule has 1 aromatic rings. The molecule has 0 aliphatic carbocycles. The van der Waals surface area contributed by atoms with Crippen LogP contribution in [0.15, 0.2) is 16.9 Å². The zero-order chi connectivity index (χ0) is 11.0. The van der Waals surface area contributed by atoms with E-state index in [2.05, 4.69) is 5.32 Å². The van der Waals surface area contributed by atoms with Gasteiger partial charge in [0.25, 0.3) is 5.56 Å². The summed E-state index contributed by atoms with van der Waals surface area (Å²) in [4.78, 5) is 23.1. The Morgan fingerprint density at radius 2 is 2.20 bits per heavy atom. The van der Waals surface area contributed by atoms with Crippen LogP contribution in [-0.4, -0.2) is 17.0 Å². The Morgan fingerprint density at radius 1 is 1.47 bits per heavy atom. The molecule has 0 radical (unpaired) electrons. The molecule has 0 saturated carbocycles. The Balaban J connectivity index is 2.56. The van der Waals surface area contributed by atoms with E-state index in [-0.39, 0.29) is 11.5 Å². The number of anilines is 1. The number of carbonyl (C=O) groups is 1. The third-order valence-corrected chi connectivity index (χ3v) is 2.75. The van der Waals surface area contributed by atoms with Crippen LogP contribution in [0.2, 0.25) is 0 Å². The summed E-state index contributed by atoms with van der Waals surface area (Å²) < 4.78 is 1.47. The summed E-state index contributed by atoms with van der Waals surface area (Å²) in [6.45, 7) is 2.37. The molecule has 0 bridgehead atoms. The largest absolute Gasteiger partial charge is 0.397 e. The molecule has 2 rings (SSSR count). The van der Waals surface area contributed by atoms with Gasteiger partial charge in [-0.25, -0.2) is 0 Å². The van der Waals surface area contributed by atoms with Crippen LogP contribution < -0.4 is 16.6 Å². The van der Waals surface area contributed by atoms with E-state index in [0.29, 0.717) is 24.3 Å². The van der Waals surface area contributed by atoms with Crippen molar-refractivity contribution in [3.05, 3.63) is 28.2 Å². The molecule has 80 valence electrons. The maximum absolute atomic E-state index is 11.7. The minimum absolute atomic E-state index is 0.106. The lowest BCUT2D eigenvalue weighted by Gasteiger charge is -2.15. The molecule has 1 atom stereocenters. The van der Waals surface area contributed by atoms with Crippen molar-refractivity contribution in [2.24, 2.45) is 0 Å². The Morgan fingerprint density at radius 3 is 2.80 bits per heavy atom. The molecule has 1 amide bonds. The summed E-state index contributed by atoms with van der Waals surface area (Å²) in [5.74, 6) is -0.106. The second-order valence-corrected chi connectivity index (χ2v) is 3.68. The average molecular weight is 207 g/mol. The molecular weight excluding hydrogens is 194 g/mol. The predicted octanol–water partition coefficient (Wildman–Crippen LogP) is -0.200. The number of pyridine rings is 1. The van der Waals surface area contributed by atoms with Crippen LogP contribution in [0.1, 0.15) is 18.2 Å². The van der Waals surface area contributed by atoms with Gasteiger partial charge >= 0.3 is 0 Å². The van der Waals surface area contributed by atoms with Crippen LogP contribution in [0.25, 0.3) is 0 Å². The van der Waals surface area contributed by atoms with Gasteiger partial charge in [0, 0.05) is 18.3 Å². The highest BCUT2D eigenvalue weighted by Crippen LogP contribution is 2.18. The highest BCUT2D eigenvalue weighted by Gasteiger charge is 2.27. The van der Waals surface area contributed by atoms with Gasteiger partial charge in [0.2, 0.25) is 5.91 Å². The molecule has 15 heavy (non-hydrogen) atoms. The van der Waals surface area contributed by atoms with Crippen molar-refractivity contribution in [2.75, 3.05) is 12.3 Å². The maximum atomic E-state index is 11.7. The van der Waals surface area contributed by atoms with E-state index < -0.39 is 6.04 Å². The van der Waals surface area contributed by atoms with E-state index in [1.165, 1.54) is 10.6 Å². The first-order valence-electron chi connectivity index (χ1n) is 4.86. The van der Waals surface area contributed by atoms with E-state index in [0.717, 1.165) is 0 Å². The van der Waals surface area contributed by atoms with Crippen molar-refractivity contribution in [1.29, 1.82) is 0 Å². The van der Waals surface area contributed by atoms with E-state index in [4.69, 9.17) is 5.73 Å². The Hall–Kier alpha value is -1.78. The normalized spacial score (nSPS) is 20.3. The Labute approximate surface area is 86.9 Å². The van der Waals surface area contributed by atoms with Gasteiger partial charge in [-0.1, -0.05) is 0 Å². The number of amides is 1. The monoisotopic (exact) mass is 207 g/mol. The van der Waals surface area contributed by atoms with Crippen LogP contribution in [0.5, 0.6) is 0 Å². The van der Waals surface area contributed by atoms with Crippen molar-refractivity contribution in [2.45, 2.75) is 19.4 Å². The first-order chi connectivity index (χ1) is 7.11. The molecular formula is C10H13N3O2. The standard InChI is InChI=1S/C10H13N3O2/c1-6-7(11)2-3-9(14)13(6)8-4-5-12-10(8)15/h2-3,8H,4-5,11H2,1H3,(H,12,15). The molecule has 5 heteroatoms. The van der Waals surface area contributed by atoms with Gasteiger partial charge in [0.1, 0.15) is 6.04 Å². The van der Waals surface area contributed by atoms with Gasteiger partial charge in [0.15, 0.2) is 0 Å². The van der Waals surface area contributed by atoms with Crippen molar-refractivity contribution in [1.82, 2.24) is 9.88 Å². The van der Waals surface area contributed by atoms with Crippen molar-refractivity contribution >= 4 is 11.6 Å². The molecule has 5 nitrogen and oxygen atoms in total.